The van der Waals surface area contributed by atoms with E-state index in [1.54, 1.807) is 25.7 Å². The standard InChI is InChI=1S/C16H22F3N3O2/c1-10-13(16(17,18)19)7-12(8-20-10)21-6-5-11(9-21)22(14(23)24)15(2,3)4/h7-8,11H,5-6,9H2,1-4H3,(H,23,24)/t11-/m1/s1. The van der Waals surface area contributed by atoms with Crippen LogP contribution in [0, 0.1) is 6.92 Å². The lowest BCUT2D eigenvalue weighted by Gasteiger charge is -2.38. The van der Waals surface area contributed by atoms with Crippen LogP contribution in [0.2, 0.25) is 0 Å². The Hall–Kier alpha value is -1.99. The maximum absolute atomic E-state index is 13.0. The third kappa shape index (κ3) is 3.73. The predicted octanol–water partition coefficient (Wildman–Crippen LogP) is 3.77. The van der Waals surface area contributed by atoms with Crippen LogP contribution in [0.3, 0.4) is 0 Å². The van der Waals surface area contributed by atoms with E-state index >= 15 is 0 Å². The Labute approximate surface area is 139 Å². The molecule has 0 aromatic carbocycles. The predicted molar refractivity (Wildman–Crippen MR) is 84.2 cm³/mol. The largest absolute Gasteiger partial charge is 0.465 e. The van der Waals surface area contributed by atoms with Gasteiger partial charge in [-0.3, -0.25) is 9.88 Å². The molecule has 1 aromatic rings. The van der Waals surface area contributed by atoms with Crippen molar-refractivity contribution in [2.75, 3.05) is 18.0 Å². The SMILES string of the molecule is Cc1ncc(N2CC[C@@H](N(C(=O)O)C(C)(C)C)C2)cc1C(F)(F)F. The van der Waals surface area contributed by atoms with Crippen LogP contribution in [0.15, 0.2) is 12.3 Å². The van der Waals surface area contributed by atoms with E-state index in [1.165, 1.54) is 18.0 Å². The molecule has 2 heterocycles. The molecule has 1 amide bonds. The zero-order chi connectivity index (χ0) is 18.3. The van der Waals surface area contributed by atoms with Crippen molar-refractivity contribution in [2.45, 2.75) is 51.9 Å². The number of pyridine rings is 1. The van der Waals surface area contributed by atoms with Gasteiger partial charge >= 0.3 is 12.3 Å². The number of carboxylic acid groups (broad SMARTS) is 1. The van der Waals surface area contributed by atoms with E-state index in [-0.39, 0.29) is 11.7 Å². The van der Waals surface area contributed by atoms with E-state index in [9.17, 15) is 23.1 Å². The molecule has 0 radical (unpaired) electrons. The summed E-state index contributed by atoms with van der Waals surface area (Å²) in [6.45, 7) is 7.58. The van der Waals surface area contributed by atoms with Gasteiger partial charge in [0, 0.05) is 24.3 Å². The van der Waals surface area contributed by atoms with Crippen molar-refractivity contribution < 1.29 is 23.1 Å². The average Bonchev–Trinajstić information content (AvgIpc) is 2.84. The Kier molecular flexibility index (Phi) is 4.70. The van der Waals surface area contributed by atoms with Crippen LogP contribution >= 0.6 is 0 Å². The number of hydrogen-bond acceptors (Lipinski definition) is 3. The van der Waals surface area contributed by atoms with Crippen LogP contribution in [0.25, 0.3) is 0 Å². The van der Waals surface area contributed by atoms with Gasteiger partial charge in [0.2, 0.25) is 0 Å². The van der Waals surface area contributed by atoms with Crippen molar-refractivity contribution in [3.05, 3.63) is 23.5 Å². The van der Waals surface area contributed by atoms with Crippen molar-refractivity contribution in [2.24, 2.45) is 0 Å². The van der Waals surface area contributed by atoms with E-state index < -0.39 is 23.4 Å². The maximum atomic E-state index is 13.0. The topological polar surface area (TPSA) is 56.7 Å². The van der Waals surface area contributed by atoms with Gasteiger partial charge in [-0.15, -0.1) is 0 Å². The zero-order valence-electron chi connectivity index (χ0n) is 14.2. The number of alkyl halides is 3. The van der Waals surface area contributed by atoms with Crippen LogP contribution in [-0.4, -0.2) is 45.8 Å². The molecule has 1 atom stereocenters. The van der Waals surface area contributed by atoms with Crippen LogP contribution < -0.4 is 4.90 Å². The molecule has 0 saturated carbocycles. The lowest BCUT2D eigenvalue weighted by Crippen LogP contribution is -2.52. The summed E-state index contributed by atoms with van der Waals surface area (Å²) in [5.74, 6) is 0. The Bertz CT molecular complexity index is 626. The molecule has 0 spiro atoms. The van der Waals surface area contributed by atoms with Gasteiger partial charge < -0.3 is 10.0 Å². The van der Waals surface area contributed by atoms with E-state index in [1.807, 2.05) is 0 Å². The molecule has 134 valence electrons. The first kappa shape index (κ1) is 18.4. The molecular weight excluding hydrogens is 323 g/mol. The van der Waals surface area contributed by atoms with E-state index in [2.05, 4.69) is 4.98 Å². The fourth-order valence-corrected chi connectivity index (χ4v) is 3.16. The molecule has 1 aliphatic heterocycles. The second-order valence-electron chi connectivity index (χ2n) is 7.04. The highest BCUT2D eigenvalue weighted by atomic mass is 19.4. The number of anilines is 1. The lowest BCUT2D eigenvalue weighted by molar-refractivity contribution is -0.138. The number of hydrogen-bond donors (Lipinski definition) is 1. The normalized spacial score (nSPS) is 18.8. The molecule has 0 aliphatic carbocycles. The Morgan fingerprint density at radius 1 is 1.38 bits per heavy atom. The molecular formula is C16H22F3N3O2. The summed E-state index contributed by atoms with van der Waals surface area (Å²) in [5.41, 5.74) is -1.03. The molecule has 5 nitrogen and oxygen atoms in total. The van der Waals surface area contributed by atoms with Gasteiger partial charge in [0.25, 0.3) is 0 Å². The number of rotatable bonds is 2. The van der Waals surface area contributed by atoms with E-state index in [0.717, 1.165) is 6.07 Å². The number of carbonyl (C=O) groups is 1. The Morgan fingerprint density at radius 3 is 2.50 bits per heavy atom. The first-order chi connectivity index (χ1) is 10.9. The maximum Gasteiger partial charge on any atom is 0.418 e. The number of halogens is 3. The molecule has 8 heteroatoms. The summed E-state index contributed by atoms with van der Waals surface area (Å²) >= 11 is 0. The number of aryl methyl sites for hydroxylation is 1. The molecule has 0 unspecified atom stereocenters. The average molecular weight is 345 g/mol. The van der Waals surface area contributed by atoms with E-state index in [0.29, 0.717) is 25.2 Å². The molecule has 1 aromatic heterocycles. The molecule has 1 fully saturated rings. The second kappa shape index (κ2) is 6.14. The van der Waals surface area contributed by atoms with Crippen molar-refractivity contribution in [3.8, 4) is 0 Å². The van der Waals surface area contributed by atoms with Gasteiger partial charge in [-0.25, -0.2) is 4.79 Å². The van der Waals surface area contributed by atoms with Crippen LogP contribution in [-0.2, 0) is 6.18 Å². The first-order valence-electron chi connectivity index (χ1n) is 7.72. The fourth-order valence-electron chi connectivity index (χ4n) is 3.16. The molecule has 1 N–H and O–H groups in total. The Morgan fingerprint density at radius 2 is 2.00 bits per heavy atom. The van der Waals surface area contributed by atoms with Crippen molar-refractivity contribution in [3.63, 3.8) is 0 Å². The van der Waals surface area contributed by atoms with Gasteiger partial charge in [-0.1, -0.05) is 0 Å². The first-order valence-corrected chi connectivity index (χ1v) is 7.72. The summed E-state index contributed by atoms with van der Waals surface area (Å²) in [7, 11) is 0. The molecule has 24 heavy (non-hydrogen) atoms. The monoisotopic (exact) mass is 345 g/mol. The molecule has 1 saturated heterocycles. The van der Waals surface area contributed by atoms with Crippen molar-refractivity contribution in [1.29, 1.82) is 0 Å². The van der Waals surface area contributed by atoms with Gasteiger partial charge in [0.05, 0.1) is 23.5 Å². The van der Waals surface area contributed by atoms with Crippen molar-refractivity contribution in [1.82, 2.24) is 9.88 Å². The minimum atomic E-state index is -4.45. The summed E-state index contributed by atoms with van der Waals surface area (Å²) in [6, 6.07) is 0.825. The van der Waals surface area contributed by atoms with Crippen LogP contribution in [0.5, 0.6) is 0 Å². The van der Waals surface area contributed by atoms with E-state index in [4.69, 9.17) is 0 Å². The smallest absolute Gasteiger partial charge is 0.418 e. The minimum Gasteiger partial charge on any atom is -0.465 e. The summed E-state index contributed by atoms with van der Waals surface area (Å²) in [4.78, 5) is 18.5. The molecule has 2 rings (SSSR count). The van der Waals surface area contributed by atoms with Crippen LogP contribution in [0.4, 0.5) is 23.7 Å². The number of amides is 1. The highest BCUT2D eigenvalue weighted by Gasteiger charge is 2.38. The Balaban J connectivity index is 2.24. The fraction of sp³-hybridized carbons (Fsp3) is 0.625. The van der Waals surface area contributed by atoms with Gasteiger partial charge in [-0.05, 0) is 40.2 Å². The van der Waals surface area contributed by atoms with Crippen molar-refractivity contribution >= 4 is 11.8 Å². The zero-order valence-corrected chi connectivity index (χ0v) is 14.2. The number of aromatic nitrogens is 1. The summed E-state index contributed by atoms with van der Waals surface area (Å²) in [6.07, 6.45) is -3.49. The highest BCUT2D eigenvalue weighted by molar-refractivity contribution is 5.67. The lowest BCUT2D eigenvalue weighted by atomic mass is 10.0. The summed E-state index contributed by atoms with van der Waals surface area (Å²) in [5, 5.41) is 9.46. The highest BCUT2D eigenvalue weighted by Crippen LogP contribution is 2.34. The van der Waals surface area contributed by atoms with Gasteiger partial charge in [-0.2, -0.15) is 13.2 Å². The quantitative estimate of drug-likeness (QED) is 0.887. The van der Waals surface area contributed by atoms with Crippen LogP contribution in [0.1, 0.15) is 38.4 Å². The van der Waals surface area contributed by atoms with Gasteiger partial charge in [0.1, 0.15) is 0 Å². The summed E-state index contributed by atoms with van der Waals surface area (Å²) < 4.78 is 39.1. The molecule has 1 aliphatic rings. The molecule has 0 bridgehead atoms. The minimum absolute atomic E-state index is 0.0659. The second-order valence-corrected chi connectivity index (χ2v) is 7.04. The third-order valence-electron chi connectivity index (χ3n) is 4.20. The van der Waals surface area contributed by atoms with Gasteiger partial charge in [0.15, 0.2) is 0 Å². The third-order valence-corrected chi connectivity index (χ3v) is 4.20. The number of nitrogens with zero attached hydrogens (tertiary/aromatic N) is 3.